The number of benzene rings is 2. The summed E-state index contributed by atoms with van der Waals surface area (Å²) in [5.41, 5.74) is 2.44. The SMILES string of the molecule is O=C1c2ccccc2C(=O)C1C1=C[C@@H](c2ccccc2)[C@H](Br)N=N1. The van der Waals surface area contributed by atoms with Gasteiger partial charge < -0.3 is 0 Å². The summed E-state index contributed by atoms with van der Waals surface area (Å²) in [6, 6.07) is 16.8. The summed E-state index contributed by atoms with van der Waals surface area (Å²) >= 11 is 3.51. The Morgan fingerprint density at radius 1 is 0.833 bits per heavy atom. The number of hydrogen-bond acceptors (Lipinski definition) is 4. The summed E-state index contributed by atoms with van der Waals surface area (Å²) in [6.45, 7) is 0. The second-order valence-corrected chi connectivity index (χ2v) is 6.76. The van der Waals surface area contributed by atoms with E-state index in [1.807, 2.05) is 36.4 Å². The Kier molecular flexibility index (Phi) is 3.73. The Hall–Kier alpha value is -2.40. The topological polar surface area (TPSA) is 58.9 Å². The van der Waals surface area contributed by atoms with Crippen LogP contribution in [0.1, 0.15) is 32.2 Å². The summed E-state index contributed by atoms with van der Waals surface area (Å²) < 4.78 is 0. The number of carbonyl (C=O) groups excluding carboxylic acids is 2. The number of fused-ring (bicyclic) bond motifs is 1. The highest BCUT2D eigenvalue weighted by molar-refractivity contribution is 9.09. The van der Waals surface area contributed by atoms with E-state index in [0.29, 0.717) is 16.8 Å². The van der Waals surface area contributed by atoms with Gasteiger partial charge in [0.15, 0.2) is 11.6 Å². The van der Waals surface area contributed by atoms with Gasteiger partial charge >= 0.3 is 0 Å². The van der Waals surface area contributed by atoms with Crippen LogP contribution in [0.15, 0.2) is 76.6 Å². The highest BCUT2D eigenvalue weighted by atomic mass is 79.9. The van der Waals surface area contributed by atoms with E-state index in [1.54, 1.807) is 24.3 Å². The van der Waals surface area contributed by atoms with Crippen LogP contribution < -0.4 is 0 Å². The largest absolute Gasteiger partial charge is 0.293 e. The lowest BCUT2D eigenvalue weighted by molar-refractivity contribution is 0.0862. The molecule has 0 N–H and O–H groups in total. The van der Waals surface area contributed by atoms with Gasteiger partial charge in [0.05, 0.1) is 5.70 Å². The molecule has 24 heavy (non-hydrogen) atoms. The number of azo groups is 1. The molecule has 0 bridgehead atoms. The Labute approximate surface area is 147 Å². The van der Waals surface area contributed by atoms with Crippen molar-refractivity contribution < 1.29 is 9.59 Å². The van der Waals surface area contributed by atoms with Crippen molar-refractivity contribution in [2.75, 3.05) is 0 Å². The van der Waals surface area contributed by atoms with Gasteiger partial charge in [-0.1, -0.05) is 70.5 Å². The summed E-state index contributed by atoms with van der Waals surface area (Å²) in [7, 11) is 0. The Morgan fingerprint density at radius 2 is 1.42 bits per heavy atom. The van der Waals surface area contributed by atoms with Crippen molar-refractivity contribution in [2.24, 2.45) is 16.1 Å². The first-order valence-electron chi connectivity index (χ1n) is 7.66. The van der Waals surface area contributed by atoms with E-state index in [1.165, 1.54) is 0 Å². The van der Waals surface area contributed by atoms with Crippen LogP contribution in [0.2, 0.25) is 0 Å². The molecular weight excluding hydrogens is 368 g/mol. The number of carbonyl (C=O) groups is 2. The molecule has 5 heteroatoms. The number of ketones is 2. The van der Waals surface area contributed by atoms with Crippen LogP contribution >= 0.6 is 15.9 Å². The molecule has 4 rings (SSSR count). The molecule has 1 heterocycles. The zero-order valence-corrected chi connectivity index (χ0v) is 14.2. The summed E-state index contributed by atoms with van der Waals surface area (Å²) in [4.78, 5) is 25.1. The monoisotopic (exact) mass is 380 g/mol. The third-order valence-corrected chi connectivity index (χ3v) is 5.15. The van der Waals surface area contributed by atoms with E-state index in [0.717, 1.165) is 5.56 Å². The number of halogens is 1. The maximum atomic E-state index is 12.7. The molecule has 1 aliphatic carbocycles. The highest BCUT2D eigenvalue weighted by Gasteiger charge is 2.42. The van der Waals surface area contributed by atoms with E-state index in [-0.39, 0.29) is 22.4 Å². The summed E-state index contributed by atoms with van der Waals surface area (Å²) in [5.74, 6) is -1.33. The van der Waals surface area contributed by atoms with Crippen LogP contribution in [0.25, 0.3) is 0 Å². The van der Waals surface area contributed by atoms with Gasteiger partial charge in [0.25, 0.3) is 0 Å². The molecule has 0 fully saturated rings. The molecule has 0 spiro atoms. The number of allylic oxidation sites excluding steroid dienone is 1. The molecule has 0 saturated carbocycles. The molecule has 0 radical (unpaired) electrons. The molecule has 118 valence electrons. The first-order valence-corrected chi connectivity index (χ1v) is 8.57. The summed E-state index contributed by atoms with van der Waals surface area (Å²) in [5, 5.41) is 8.36. The van der Waals surface area contributed by atoms with Crippen molar-refractivity contribution in [1.82, 2.24) is 0 Å². The molecule has 2 aromatic rings. The number of rotatable bonds is 2. The number of hydrogen-bond donors (Lipinski definition) is 0. The second-order valence-electron chi connectivity index (χ2n) is 5.82. The van der Waals surface area contributed by atoms with Crippen LogP contribution in [0.3, 0.4) is 0 Å². The van der Waals surface area contributed by atoms with E-state index < -0.39 is 5.92 Å². The van der Waals surface area contributed by atoms with Crippen LogP contribution in [-0.2, 0) is 0 Å². The molecule has 0 amide bonds. The third-order valence-electron chi connectivity index (χ3n) is 4.39. The van der Waals surface area contributed by atoms with Gasteiger partial charge in [-0.2, -0.15) is 10.2 Å². The summed E-state index contributed by atoms with van der Waals surface area (Å²) in [6.07, 6.45) is 1.88. The minimum absolute atomic E-state index is 0.0667. The van der Waals surface area contributed by atoms with Crippen molar-refractivity contribution in [3.05, 3.63) is 83.1 Å². The predicted octanol–water partition coefficient (Wildman–Crippen LogP) is 4.54. The van der Waals surface area contributed by atoms with Gasteiger partial charge in [-0.25, -0.2) is 0 Å². The number of Topliss-reactive ketones (excluding diaryl/α,β-unsaturated/α-hetero) is 2. The molecular formula is C19H13BrN2O2. The smallest absolute Gasteiger partial charge is 0.180 e. The van der Waals surface area contributed by atoms with Crippen molar-refractivity contribution in [1.29, 1.82) is 0 Å². The fourth-order valence-corrected chi connectivity index (χ4v) is 3.74. The highest BCUT2D eigenvalue weighted by Crippen LogP contribution is 2.38. The zero-order valence-electron chi connectivity index (χ0n) is 12.6. The van der Waals surface area contributed by atoms with Crippen molar-refractivity contribution >= 4 is 27.5 Å². The molecule has 0 aromatic heterocycles. The standard InChI is InChI=1S/C19H13BrN2O2/c20-19-14(11-6-2-1-3-7-11)10-15(21-22-19)16-17(23)12-8-4-5-9-13(12)18(16)24/h1-10,14,16,19H/t14-,19+/m0/s1. The lowest BCUT2D eigenvalue weighted by Crippen LogP contribution is -2.21. The van der Waals surface area contributed by atoms with E-state index in [9.17, 15) is 9.59 Å². The van der Waals surface area contributed by atoms with E-state index in [2.05, 4.69) is 26.2 Å². The molecule has 2 aromatic carbocycles. The van der Waals surface area contributed by atoms with E-state index >= 15 is 0 Å². The van der Waals surface area contributed by atoms with Crippen molar-refractivity contribution in [3.63, 3.8) is 0 Å². The van der Waals surface area contributed by atoms with Gasteiger partial charge in [0.2, 0.25) is 0 Å². The van der Waals surface area contributed by atoms with Crippen LogP contribution in [0.4, 0.5) is 0 Å². The molecule has 0 unspecified atom stereocenters. The fourth-order valence-electron chi connectivity index (χ4n) is 3.19. The number of nitrogens with zero attached hydrogens (tertiary/aromatic N) is 2. The normalized spacial score (nSPS) is 23.3. The molecule has 2 atom stereocenters. The fraction of sp³-hybridized carbons (Fsp3) is 0.158. The van der Waals surface area contributed by atoms with Crippen LogP contribution in [0, 0.1) is 5.92 Å². The average molecular weight is 381 g/mol. The van der Waals surface area contributed by atoms with Gasteiger partial charge in [-0.3, -0.25) is 9.59 Å². The number of alkyl halides is 1. The maximum absolute atomic E-state index is 12.7. The molecule has 1 aliphatic heterocycles. The van der Waals surface area contributed by atoms with Crippen LogP contribution in [-0.4, -0.2) is 16.5 Å². The first-order chi connectivity index (χ1) is 11.7. The Balaban J connectivity index is 1.74. The first kappa shape index (κ1) is 15.1. The van der Waals surface area contributed by atoms with Gasteiger partial charge in [0.1, 0.15) is 10.9 Å². The second kappa shape index (κ2) is 5.91. The minimum Gasteiger partial charge on any atom is -0.293 e. The van der Waals surface area contributed by atoms with Gasteiger partial charge in [-0.05, 0) is 11.6 Å². The van der Waals surface area contributed by atoms with Crippen LogP contribution in [0.5, 0.6) is 0 Å². The van der Waals surface area contributed by atoms with Crippen molar-refractivity contribution in [2.45, 2.75) is 10.9 Å². The minimum atomic E-state index is -0.877. The lowest BCUT2D eigenvalue weighted by atomic mass is 9.92. The third kappa shape index (κ3) is 2.36. The Morgan fingerprint density at radius 3 is 2.04 bits per heavy atom. The average Bonchev–Trinajstić information content (AvgIpc) is 2.88. The van der Waals surface area contributed by atoms with Gasteiger partial charge in [-0.15, -0.1) is 0 Å². The quantitative estimate of drug-likeness (QED) is 0.436. The van der Waals surface area contributed by atoms with E-state index in [4.69, 9.17) is 0 Å². The van der Waals surface area contributed by atoms with Crippen molar-refractivity contribution in [3.8, 4) is 0 Å². The Bertz CT molecular complexity index is 854. The van der Waals surface area contributed by atoms with Gasteiger partial charge in [0, 0.05) is 17.0 Å². The lowest BCUT2D eigenvalue weighted by Gasteiger charge is -2.22. The zero-order chi connectivity index (χ0) is 16.7. The predicted molar refractivity (Wildman–Crippen MR) is 93.4 cm³/mol. The molecule has 2 aliphatic rings. The molecule has 4 nitrogen and oxygen atoms in total. The maximum Gasteiger partial charge on any atom is 0.180 e. The molecule has 0 saturated heterocycles.